The van der Waals surface area contributed by atoms with Gasteiger partial charge in [-0.3, -0.25) is 14.3 Å². The second-order valence-corrected chi connectivity index (χ2v) is 9.83. The monoisotopic (exact) mass is 485 g/mol. The molecule has 5 rings (SSSR count). The van der Waals surface area contributed by atoms with Crippen molar-refractivity contribution in [3.05, 3.63) is 34.6 Å². The zero-order chi connectivity index (χ0) is 22.8. The summed E-state index contributed by atoms with van der Waals surface area (Å²) in [7, 11) is -6.62. The number of aromatic amines is 1. The normalized spacial score (nSPS) is 28.1. The highest BCUT2D eigenvalue weighted by Crippen LogP contribution is 2.47. The number of phenolic OH excluding ortho intramolecular Hbond substituents is 1. The number of nitrogens with two attached hydrogens (primary N) is 1. The van der Waals surface area contributed by atoms with Crippen molar-refractivity contribution in [1.29, 1.82) is 0 Å². The highest BCUT2D eigenvalue weighted by atomic mass is 32.2. The summed E-state index contributed by atoms with van der Waals surface area (Å²) in [6, 6.07) is 4.66. The Kier molecular flexibility index (Phi) is 4.94. The lowest BCUT2D eigenvalue weighted by atomic mass is 10.1. The van der Waals surface area contributed by atoms with Gasteiger partial charge in [-0.15, -0.1) is 0 Å². The van der Waals surface area contributed by atoms with E-state index in [9.17, 15) is 28.3 Å². The molecule has 5 unspecified atom stereocenters. The van der Waals surface area contributed by atoms with E-state index in [1.165, 1.54) is 12.1 Å². The summed E-state index contributed by atoms with van der Waals surface area (Å²) < 4.78 is 43.8. The summed E-state index contributed by atoms with van der Waals surface area (Å²) in [6.07, 6.45) is -4.72. The van der Waals surface area contributed by atoms with Gasteiger partial charge in [0.2, 0.25) is 20.9 Å². The van der Waals surface area contributed by atoms with Crippen molar-refractivity contribution in [2.24, 2.45) is 0 Å². The lowest BCUT2D eigenvalue weighted by Crippen LogP contribution is -2.38. The number of nitrogens with zero attached hydrogens (tertiary/aromatic N) is 3. The molecule has 14 nitrogen and oxygen atoms in total. The van der Waals surface area contributed by atoms with Gasteiger partial charge >= 0.3 is 8.60 Å². The molecule has 2 aliphatic rings. The molecular weight excluding hydrogens is 469 g/mol. The number of imidazole rings is 1. The number of aliphatic hydroxyl groups is 1. The van der Waals surface area contributed by atoms with E-state index in [4.69, 9.17) is 19.5 Å². The maximum atomic E-state index is 13.4. The number of rotatable bonds is 3. The van der Waals surface area contributed by atoms with Gasteiger partial charge in [-0.05, 0) is 24.3 Å². The summed E-state index contributed by atoms with van der Waals surface area (Å²) in [5.41, 5.74) is 4.27. The maximum absolute atomic E-state index is 13.4. The van der Waals surface area contributed by atoms with Crippen LogP contribution in [-0.4, -0.2) is 68.0 Å². The Balaban J connectivity index is 1.73. The third-order valence-electron chi connectivity index (χ3n) is 5.05. The van der Waals surface area contributed by atoms with Gasteiger partial charge < -0.3 is 34.6 Å². The van der Waals surface area contributed by atoms with E-state index in [1.54, 1.807) is 0 Å². The first-order valence-electron chi connectivity index (χ1n) is 9.11. The van der Waals surface area contributed by atoms with Crippen molar-refractivity contribution in [2.45, 2.75) is 34.6 Å². The standard InChI is InChI=1S/C16H16N5O9PS/c17-15-19-12-9(13(24)20-15)18-16(32(26,27)7-3-1-6(22)2-4-7)21(12)14-10(23)11-8(29-14)5-28-31(25)30-11/h1-4,8,10-11,14,22-23,25H,5H2,(H3,17,19,20,24). The molecule has 1 aromatic carbocycles. The molecule has 0 saturated carbocycles. The van der Waals surface area contributed by atoms with E-state index in [-0.39, 0.29) is 34.4 Å². The van der Waals surface area contributed by atoms with Crippen LogP contribution in [0.2, 0.25) is 0 Å². The van der Waals surface area contributed by atoms with Crippen LogP contribution < -0.4 is 11.3 Å². The summed E-state index contributed by atoms with van der Waals surface area (Å²) in [5.74, 6) is -0.458. The van der Waals surface area contributed by atoms with E-state index in [2.05, 4.69) is 15.0 Å². The SMILES string of the molecule is Nc1nc2c(nc(S(=O)(=O)c3ccc(O)cc3)n2C2OC3COP(O)OC3C2O)c(=O)[nH]1. The first-order chi connectivity index (χ1) is 15.2. The fraction of sp³-hybridized carbons (Fsp3) is 0.312. The summed E-state index contributed by atoms with van der Waals surface area (Å²) in [5, 5.41) is 19.7. The average Bonchev–Trinajstić information content (AvgIpc) is 3.27. The highest BCUT2D eigenvalue weighted by molar-refractivity contribution is 7.91. The number of nitrogens with one attached hydrogen (secondary N) is 1. The van der Waals surface area contributed by atoms with Crippen LogP contribution in [0.25, 0.3) is 11.2 Å². The fourth-order valence-electron chi connectivity index (χ4n) is 3.60. The number of fused-ring (bicyclic) bond motifs is 2. The first-order valence-corrected chi connectivity index (χ1v) is 11.7. The molecule has 0 spiro atoms. The number of sulfone groups is 1. The molecule has 170 valence electrons. The maximum Gasteiger partial charge on any atom is 0.330 e. The third kappa shape index (κ3) is 3.26. The first kappa shape index (κ1) is 21.2. The van der Waals surface area contributed by atoms with E-state index >= 15 is 0 Å². The zero-order valence-electron chi connectivity index (χ0n) is 15.9. The number of aliphatic hydroxyl groups excluding tert-OH is 1. The molecule has 4 heterocycles. The van der Waals surface area contributed by atoms with Gasteiger partial charge in [-0.1, -0.05) is 0 Å². The molecular formula is C16H16N5O9PS. The number of phenols is 1. The minimum absolute atomic E-state index is 0.108. The van der Waals surface area contributed by atoms with Crippen molar-refractivity contribution >= 4 is 35.6 Å². The highest BCUT2D eigenvalue weighted by Gasteiger charge is 2.51. The van der Waals surface area contributed by atoms with Gasteiger partial charge in [-0.2, -0.15) is 4.98 Å². The van der Waals surface area contributed by atoms with Crippen LogP contribution in [0.1, 0.15) is 6.23 Å². The van der Waals surface area contributed by atoms with Gasteiger partial charge in [0.15, 0.2) is 17.4 Å². The number of ether oxygens (including phenoxy) is 1. The Morgan fingerprint density at radius 2 is 1.97 bits per heavy atom. The van der Waals surface area contributed by atoms with E-state index in [1.807, 2.05) is 0 Å². The van der Waals surface area contributed by atoms with E-state index in [0.717, 1.165) is 16.7 Å². The molecule has 3 aromatic rings. The Labute approximate surface area is 180 Å². The predicted octanol–water partition coefficient (Wildman–Crippen LogP) is -0.867. The molecule has 2 saturated heterocycles. The number of nitrogen functional groups attached to an aromatic ring is 1. The van der Waals surface area contributed by atoms with Crippen molar-refractivity contribution in [3.8, 4) is 5.75 Å². The molecule has 0 amide bonds. The molecule has 32 heavy (non-hydrogen) atoms. The van der Waals surface area contributed by atoms with Crippen molar-refractivity contribution in [2.75, 3.05) is 12.3 Å². The van der Waals surface area contributed by atoms with Crippen LogP contribution in [0.5, 0.6) is 5.75 Å². The number of hydrogen-bond acceptors (Lipinski definition) is 12. The van der Waals surface area contributed by atoms with Crippen LogP contribution in [0.15, 0.2) is 39.1 Å². The number of aromatic hydroxyl groups is 1. The Morgan fingerprint density at radius 3 is 2.69 bits per heavy atom. The largest absolute Gasteiger partial charge is 0.508 e. The number of aromatic nitrogens is 4. The van der Waals surface area contributed by atoms with Crippen LogP contribution in [0.3, 0.4) is 0 Å². The molecule has 0 aliphatic carbocycles. The second kappa shape index (κ2) is 7.45. The van der Waals surface area contributed by atoms with E-state index < -0.39 is 53.7 Å². The Hall–Kier alpha value is -2.65. The van der Waals surface area contributed by atoms with Gasteiger partial charge in [0.25, 0.3) is 5.56 Å². The topological polar surface area (TPSA) is 212 Å². The predicted molar refractivity (Wildman–Crippen MR) is 106 cm³/mol. The summed E-state index contributed by atoms with van der Waals surface area (Å²) in [6.45, 7) is -0.108. The smallest absolute Gasteiger partial charge is 0.330 e. The molecule has 0 bridgehead atoms. The quantitative estimate of drug-likeness (QED) is 0.287. The lowest BCUT2D eigenvalue weighted by molar-refractivity contribution is -0.0615. The zero-order valence-corrected chi connectivity index (χ0v) is 17.6. The molecule has 2 aliphatic heterocycles. The minimum atomic E-state index is -4.38. The lowest BCUT2D eigenvalue weighted by Gasteiger charge is -2.27. The molecule has 5 atom stereocenters. The van der Waals surface area contributed by atoms with Gasteiger partial charge in [-0.25, -0.2) is 13.4 Å². The van der Waals surface area contributed by atoms with Crippen LogP contribution in [-0.2, 0) is 23.6 Å². The van der Waals surface area contributed by atoms with Gasteiger partial charge in [0.1, 0.15) is 24.1 Å². The molecule has 6 N–H and O–H groups in total. The molecule has 2 aromatic heterocycles. The molecule has 0 radical (unpaired) electrons. The van der Waals surface area contributed by atoms with Crippen LogP contribution in [0.4, 0.5) is 5.95 Å². The fourth-order valence-corrected chi connectivity index (χ4v) is 5.77. The number of anilines is 1. The third-order valence-corrected chi connectivity index (χ3v) is 7.50. The van der Waals surface area contributed by atoms with E-state index in [0.29, 0.717) is 0 Å². The average molecular weight is 485 g/mol. The Bertz CT molecular complexity index is 1360. The van der Waals surface area contributed by atoms with Crippen LogP contribution in [0, 0.1) is 0 Å². The number of H-pyrrole nitrogens is 1. The minimum Gasteiger partial charge on any atom is -0.508 e. The van der Waals surface area contributed by atoms with Gasteiger partial charge in [0.05, 0.1) is 11.5 Å². The molecule has 16 heteroatoms. The van der Waals surface area contributed by atoms with Crippen molar-refractivity contribution < 1.29 is 37.3 Å². The van der Waals surface area contributed by atoms with Crippen molar-refractivity contribution in [3.63, 3.8) is 0 Å². The molecule has 2 fully saturated rings. The number of benzene rings is 1. The summed E-state index contributed by atoms with van der Waals surface area (Å²) in [4.78, 5) is 32.0. The summed E-state index contributed by atoms with van der Waals surface area (Å²) >= 11 is 0. The second-order valence-electron chi connectivity index (χ2n) is 7.04. The van der Waals surface area contributed by atoms with Crippen molar-refractivity contribution in [1.82, 2.24) is 19.5 Å². The van der Waals surface area contributed by atoms with Gasteiger partial charge in [0, 0.05) is 0 Å². The number of hydrogen-bond donors (Lipinski definition) is 5. The van der Waals surface area contributed by atoms with Crippen LogP contribution >= 0.6 is 8.60 Å². The Morgan fingerprint density at radius 1 is 1.25 bits per heavy atom.